The van der Waals surface area contributed by atoms with Crippen molar-refractivity contribution in [2.45, 2.75) is 26.3 Å². The molecule has 0 aromatic heterocycles. The number of fused-ring (bicyclic) bond motifs is 2. The molecule has 0 saturated carbocycles. The van der Waals surface area contributed by atoms with Gasteiger partial charge in [0.05, 0.1) is 20.2 Å². The Hall–Kier alpha value is -2.90. The number of ether oxygens (including phenoxy) is 1. The molecular weight excluding hydrogens is 358 g/mol. The van der Waals surface area contributed by atoms with Gasteiger partial charge in [-0.2, -0.15) is 0 Å². The van der Waals surface area contributed by atoms with E-state index in [1.165, 1.54) is 9.80 Å². The zero-order valence-corrected chi connectivity index (χ0v) is 16.8. The lowest BCUT2D eigenvalue weighted by atomic mass is 10.1. The summed E-state index contributed by atoms with van der Waals surface area (Å²) in [5.74, 6) is 2.03. The minimum absolute atomic E-state index is 0.182. The number of urea groups is 1. The summed E-state index contributed by atoms with van der Waals surface area (Å²) >= 11 is 0. The quantitative estimate of drug-likeness (QED) is 0.740. The second-order valence-electron chi connectivity index (χ2n) is 7.76. The predicted octanol–water partition coefficient (Wildman–Crippen LogP) is 1.60. The number of anilines is 1. The summed E-state index contributed by atoms with van der Waals surface area (Å²) in [6.45, 7) is 5.94. The molecule has 0 aliphatic carbocycles. The fourth-order valence-corrected chi connectivity index (χ4v) is 4.01. The highest BCUT2D eigenvalue weighted by Gasteiger charge is 2.54. The minimum Gasteiger partial charge on any atom is -0.497 e. The molecule has 1 aromatic rings. The van der Waals surface area contributed by atoms with Gasteiger partial charge in [0.2, 0.25) is 11.9 Å². The SMILES string of the molecule is COc1cccc(N2CCC[N+]3=C2N=C2C3C(=O)N(CC(C)C)C(=O)N2C)c1. The van der Waals surface area contributed by atoms with E-state index < -0.39 is 6.04 Å². The number of hydrogen-bond donors (Lipinski definition) is 0. The Morgan fingerprint density at radius 2 is 2.11 bits per heavy atom. The van der Waals surface area contributed by atoms with Crippen molar-refractivity contribution in [2.24, 2.45) is 10.9 Å². The van der Waals surface area contributed by atoms with E-state index in [4.69, 9.17) is 9.73 Å². The van der Waals surface area contributed by atoms with Gasteiger partial charge >= 0.3 is 12.0 Å². The third-order valence-electron chi connectivity index (χ3n) is 5.32. The molecule has 4 rings (SSSR count). The zero-order valence-electron chi connectivity index (χ0n) is 16.8. The smallest absolute Gasteiger partial charge is 0.397 e. The van der Waals surface area contributed by atoms with Crippen molar-refractivity contribution >= 4 is 29.4 Å². The molecule has 8 heteroatoms. The summed E-state index contributed by atoms with van der Waals surface area (Å²) < 4.78 is 7.38. The first kappa shape index (κ1) is 18.5. The lowest BCUT2D eigenvalue weighted by Gasteiger charge is -2.35. The van der Waals surface area contributed by atoms with Crippen LogP contribution < -0.4 is 9.64 Å². The molecular formula is C20H26N5O3+. The number of carbonyl (C=O) groups is 2. The van der Waals surface area contributed by atoms with Crippen molar-refractivity contribution in [3.63, 3.8) is 0 Å². The molecule has 28 heavy (non-hydrogen) atoms. The number of rotatable bonds is 4. The van der Waals surface area contributed by atoms with Crippen LogP contribution in [0.5, 0.6) is 5.75 Å². The van der Waals surface area contributed by atoms with Gasteiger partial charge in [0.25, 0.3) is 5.91 Å². The van der Waals surface area contributed by atoms with Crippen LogP contribution in [0.1, 0.15) is 20.3 Å². The van der Waals surface area contributed by atoms with Crippen LogP contribution in [0, 0.1) is 5.92 Å². The summed E-state index contributed by atoms with van der Waals surface area (Å²) in [4.78, 5) is 35.7. The van der Waals surface area contributed by atoms with Crippen LogP contribution in [0.2, 0.25) is 0 Å². The lowest BCUT2D eigenvalue weighted by molar-refractivity contribution is -0.539. The van der Waals surface area contributed by atoms with Gasteiger partial charge in [-0.15, -0.1) is 0 Å². The Balaban J connectivity index is 1.74. The molecule has 3 aliphatic heterocycles. The second kappa shape index (κ2) is 6.92. The van der Waals surface area contributed by atoms with E-state index in [0.29, 0.717) is 12.4 Å². The third-order valence-corrected chi connectivity index (χ3v) is 5.32. The molecule has 148 valence electrons. The number of aliphatic imine (C=N–C) groups is 1. The maximum Gasteiger partial charge on any atom is 0.397 e. The number of hydrogen-bond acceptors (Lipinski definition) is 5. The first-order valence-electron chi connectivity index (χ1n) is 9.65. The first-order chi connectivity index (χ1) is 13.4. The van der Waals surface area contributed by atoms with Crippen molar-refractivity contribution in [3.05, 3.63) is 24.3 Å². The van der Waals surface area contributed by atoms with Crippen molar-refractivity contribution < 1.29 is 18.9 Å². The normalized spacial score (nSPS) is 22.0. The molecule has 0 spiro atoms. The Labute approximate surface area is 164 Å². The summed E-state index contributed by atoms with van der Waals surface area (Å²) in [7, 11) is 3.34. The number of imide groups is 1. The highest BCUT2D eigenvalue weighted by molar-refractivity contribution is 6.24. The van der Waals surface area contributed by atoms with Gasteiger partial charge in [0.1, 0.15) is 11.4 Å². The number of carbonyl (C=O) groups excluding carboxylic acids is 2. The Morgan fingerprint density at radius 1 is 1.32 bits per heavy atom. The van der Waals surface area contributed by atoms with Gasteiger partial charge in [0.15, 0.2) is 0 Å². The lowest BCUT2D eigenvalue weighted by Crippen LogP contribution is -2.63. The van der Waals surface area contributed by atoms with E-state index in [0.717, 1.165) is 36.9 Å². The van der Waals surface area contributed by atoms with Crippen LogP contribution in [0.25, 0.3) is 0 Å². The van der Waals surface area contributed by atoms with Crippen LogP contribution in [-0.4, -0.2) is 77.9 Å². The summed E-state index contributed by atoms with van der Waals surface area (Å²) in [5.41, 5.74) is 0.961. The standard InChI is InChI=1S/C20H26N5O3/c1-13(2)12-25-18(26)16-17(22(3)20(25)27)21-19-23(9-6-10-24(16)19)14-7-5-8-15(11-14)28-4/h5,7-8,11,13,16H,6,9-10,12H2,1-4H3/q+1. The summed E-state index contributed by atoms with van der Waals surface area (Å²) in [6, 6.07) is 6.96. The van der Waals surface area contributed by atoms with Crippen LogP contribution >= 0.6 is 0 Å². The monoisotopic (exact) mass is 384 g/mol. The number of likely N-dealkylation sites (N-methyl/N-ethyl adjacent to an activating group) is 1. The Morgan fingerprint density at radius 3 is 2.82 bits per heavy atom. The summed E-state index contributed by atoms with van der Waals surface area (Å²) in [6.07, 6.45) is 0.898. The molecule has 0 radical (unpaired) electrons. The number of guanidine groups is 1. The largest absolute Gasteiger partial charge is 0.497 e. The zero-order chi connectivity index (χ0) is 20.0. The van der Waals surface area contributed by atoms with Crippen molar-refractivity contribution in [1.82, 2.24) is 9.80 Å². The molecule has 1 fully saturated rings. The van der Waals surface area contributed by atoms with Gasteiger partial charge in [-0.1, -0.05) is 24.9 Å². The molecule has 1 saturated heterocycles. The molecule has 3 amide bonds. The average molecular weight is 384 g/mol. The molecule has 8 nitrogen and oxygen atoms in total. The van der Waals surface area contributed by atoms with Gasteiger partial charge in [-0.25, -0.2) is 14.3 Å². The number of nitrogens with zero attached hydrogens (tertiary/aromatic N) is 5. The maximum atomic E-state index is 13.2. The summed E-state index contributed by atoms with van der Waals surface area (Å²) in [5, 5.41) is 0. The van der Waals surface area contributed by atoms with Crippen LogP contribution in [0.3, 0.4) is 0 Å². The highest BCUT2D eigenvalue weighted by atomic mass is 16.5. The molecule has 1 atom stereocenters. The van der Waals surface area contributed by atoms with E-state index in [1.54, 1.807) is 14.2 Å². The molecule has 0 bridgehead atoms. The second-order valence-corrected chi connectivity index (χ2v) is 7.76. The molecule has 3 heterocycles. The fourth-order valence-electron chi connectivity index (χ4n) is 4.01. The van der Waals surface area contributed by atoms with Crippen LogP contribution in [0.15, 0.2) is 29.3 Å². The Bertz CT molecular complexity index is 892. The fraction of sp³-hybridized carbons (Fsp3) is 0.500. The van der Waals surface area contributed by atoms with Gasteiger partial charge in [-0.3, -0.25) is 14.6 Å². The number of methoxy groups -OCH3 is 1. The van der Waals surface area contributed by atoms with Crippen molar-refractivity contribution in [1.29, 1.82) is 0 Å². The molecule has 0 N–H and O–H groups in total. The van der Waals surface area contributed by atoms with Crippen LogP contribution in [0.4, 0.5) is 10.5 Å². The minimum atomic E-state index is -0.537. The highest BCUT2D eigenvalue weighted by Crippen LogP contribution is 2.28. The van der Waals surface area contributed by atoms with Crippen molar-refractivity contribution in [2.75, 3.05) is 38.7 Å². The van der Waals surface area contributed by atoms with Gasteiger partial charge in [-0.05, 0) is 18.1 Å². The average Bonchev–Trinajstić information content (AvgIpc) is 3.09. The predicted molar refractivity (Wildman–Crippen MR) is 106 cm³/mol. The van der Waals surface area contributed by atoms with Gasteiger partial charge in [0, 0.05) is 26.1 Å². The molecule has 1 aromatic carbocycles. The maximum absolute atomic E-state index is 13.2. The van der Waals surface area contributed by atoms with Gasteiger partial charge < -0.3 is 4.74 Å². The number of benzene rings is 1. The third kappa shape index (κ3) is 2.83. The molecule has 1 unspecified atom stereocenters. The number of amidine groups is 1. The van der Waals surface area contributed by atoms with Crippen LogP contribution in [-0.2, 0) is 4.79 Å². The van der Waals surface area contributed by atoms with E-state index in [9.17, 15) is 9.59 Å². The van der Waals surface area contributed by atoms with E-state index in [-0.39, 0.29) is 17.9 Å². The van der Waals surface area contributed by atoms with E-state index in [2.05, 4.69) is 4.90 Å². The number of amides is 3. The first-order valence-corrected chi connectivity index (χ1v) is 9.65. The molecule has 3 aliphatic rings. The van der Waals surface area contributed by atoms with E-state index in [1.807, 2.05) is 42.7 Å². The Kier molecular flexibility index (Phi) is 4.56. The van der Waals surface area contributed by atoms with Crippen molar-refractivity contribution in [3.8, 4) is 5.75 Å². The topological polar surface area (TPSA) is 68.5 Å². The van der Waals surface area contributed by atoms with E-state index >= 15 is 0 Å².